The molecule has 0 amide bonds. The molecule has 2 unspecified atom stereocenters. The van der Waals surface area contributed by atoms with E-state index in [2.05, 4.69) is 29.2 Å². The molecule has 4 rings (SSSR count). The summed E-state index contributed by atoms with van der Waals surface area (Å²) in [6.07, 6.45) is 7.16. The average molecular weight is 311 g/mol. The van der Waals surface area contributed by atoms with Crippen molar-refractivity contribution < 1.29 is 9.90 Å². The number of allylic oxidation sites excluding steroid dienone is 2. The molecule has 1 aliphatic heterocycles. The summed E-state index contributed by atoms with van der Waals surface area (Å²) < 4.78 is 0. The first-order chi connectivity index (χ1) is 11.2. The predicted octanol–water partition coefficient (Wildman–Crippen LogP) is 3.43. The molecule has 0 spiro atoms. The van der Waals surface area contributed by atoms with Gasteiger partial charge in [-0.15, -0.1) is 0 Å². The van der Waals surface area contributed by atoms with Gasteiger partial charge in [0.1, 0.15) is 5.72 Å². The van der Waals surface area contributed by atoms with Crippen molar-refractivity contribution in [2.75, 3.05) is 6.54 Å². The number of carbonyl (C=O) groups excluding carboxylic acids is 1. The Morgan fingerprint density at radius 3 is 2.83 bits per heavy atom. The van der Waals surface area contributed by atoms with Crippen LogP contribution in [-0.4, -0.2) is 28.1 Å². The van der Waals surface area contributed by atoms with Gasteiger partial charge in [0, 0.05) is 30.7 Å². The molecule has 3 heteroatoms. The molecule has 23 heavy (non-hydrogen) atoms. The van der Waals surface area contributed by atoms with Crippen molar-refractivity contribution in [1.82, 2.24) is 4.90 Å². The predicted molar refractivity (Wildman–Crippen MR) is 89.6 cm³/mol. The van der Waals surface area contributed by atoms with Crippen LogP contribution in [0, 0.1) is 5.92 Å². The molecule has 1 saturated carbocycles. The summed E-state index contributed by atoms with van der Waals surface area (Å²) in [7, 11) is 0. The Hall–Kier alpha value is -1.61. The highest BCUT2D eigenvalue weighted by Gasteiger charge is 2.48. The number of ketones is 1. The summed E-state index contributed by atoms with van der Waals surface area (Å²) in [5.41, 5.74) is 2.79. The third kappa shape index (κ3) is 2.61. The van der Waals surface area contributed by atoms with E-state index in [9.17, 15) is 9.90 Å². The van der Waals surface area contributed by atoms with Gasteiger partial charge >= 0.3 is 0 Å². The average Bonchev–Trinajstić information content (AvgIpc) is 2.55. The number of rotatable bonds is 3. The van der Waals surface area contributed by atoms with Crippen LogP contribution < -0.4 is 0 Å². The van der Waals surface area contributed by atoms with Gasteiger partial charge in [-0.05, 0) is 50.0 Å². The zero-order chi connectivity index (χ0) is 15.9. The van der Waals surface area contributed by atoms with Gasteiger partial charge in [-0.1, -0.05) is 30.3 Å². The van der Waals surface area contributed by atoms with E-state index in [4.69, 9.17) is 0 Å². The first-order valence-electron chi connectivity index (χ1n) is 8.97. The molecule has 2 bridgehead atoms. The molecule has 1 aromatic carbocycles. The Labute approximate surface area is 138 Å². The van der Waals surface area contributed by atoms with Crippen molar-refractivity contribution in [2.24, 2.45) is 5.92 Å². The third-order valence-electron chi connectivity index (χ3n) is 5.84. The van der Waals surface area contributed by atoms with E-state index in [1.54, 1.807) is 0 Å². The molecule has 1 fully saturated rings. The van der Waals surface area contributed by atoms with Crippen LogP contribution in [-0.2, 0) is 11.2 Å². The van der Waals surface area contributed by atoms with Crippen LogP contribution in [0.3, 0.4) is 0 Å². The van der Waals surface area contributed by atoms with Crippen molar-refractivity contribution in [3.63, 3.8) is 0 Å². The van der Waals surface area contributed by atoms with E-state index in [1.807, 2.05) is 6.07 Å². The van der Waals surface area contributed by atoms with E-state index in [1.165, 1.54) is 5.56 Å². The topological polar surface area (TPSA) is 40.5 Å². The number of hydrogen-bond donors (Lipinski definition) is 1. The lowest BCUT2D eigenvalue weighted by atomic mass is 9.70. The van der Waals surface area contributed by atoms with Gasteiger partial charge in [-0.25, -0.2) is 0 Å². The zero-order valence-electron chi connectivity index (χ0n) is 13.6. The van der Waals surface area contributed by atoms with Crippen molar-refractivity contribution >= 4 is 5.78 Å². The van der Waals surface area contributed by atoms with Gasteiger partial charge in [0.2, 0.25) is 0 Å². The molecule has 1 N–H and O–H groups in total. The Balaban J connectivity index is 1.65. The summed E-state index contributed by atoms with van der Waals surface area (Å²) in [4.78, 5) is 14.7. The summed E-state index contributed by atoms with van der Waals surface area (Å²) in [6.45, 7) is 0.805. The van der Waals surface area contributed by atoms with E-state index in [0.29, 0.717) is 18.1 Å². The minimum Gasteiger partial charge on any atom is -0.371 e. The van der Waals surface area contributed by atoms with Gasteiger partial charge in [-0.3, -0.25) is 4.79 Å². The van der Waals surface area contributed by atoms with Gasteiger partial charge in [0.25, 0.3) is 0 Å². The van der Waals surface area contributed by atoms with Gasteiger partial charge in [0.15, 0.2) is 5.78 Å². The molecular weight excluding hydrogens is 286 g/mol. The second kappa shape index (κ2) is 5.79. The summed E-state index contributed by atoms with van der Waals surface area (Å²) >= 11 is 0. The van der Waals surface area contributed by atoms with Gasteiger partial charge in [-0.2, -0.15) is 0 Å². The van der Waals surface area contributed by atoms with Crippen LogP contribution in [0.2, 0.25) is 0 Å². The van der Waals surface area contributed by atoms with E-state index in [-0.39, 0.29) is 0 Å². The number of hydrogen-bond acceptors (Lipinski definition) is 3. The molecule has 3 nitrogen and oxygen atoms in total. The first-order valence-corrected chi connectivity index (χ1v) is 8.97. The number of nitrogens with zero attached hydrogens (tertiary/aromatic N) is 1. The minimum atomic E-state index is -0.728. The second-order valence-electron chi connectivity index (χ2n) is 7.30. The fraction of sp³-hybridized carbons (Fsp3) is 0.550. The number of fused-ring (bicyclic) bond motifs is 3. The lowest BCUT2D eigenvalue weighted by molar-refractivity contribution is -0.142. The molecule has 3 aliphatic rings. The maximum Gasteiger partial charge on any atom is 0.160 e. The molecule has 1 aromatic rings. The highest BCUT2D eigenvalue weighted by molar-refractivity contribution is 5.97. The van der Waals surface area contributed by atoms with Crippen LogP contribution in [0.1, 0.15) is 50.5 Å². The van der Waals surface area contributed by atoms with Crippen LogP contribution in [0.4, 0.5) is 0 Å². The number of Topliss-reactive ketones (excluding diaryl/α,β-unsaturated/α-hetero) is 1. The standard InChI is InChI=1S/C20H25NO2/c22-18-10-4-9-17-19(18)16-8-5-12-20(23,14-16)21(17)13-11-15-6-2-1-3-7-15/h1-3,6-7,16,23H,4-5,8-14H2. The smallest absolute Gasteiger partial charge is 0.160 e. The van der Waals surface area contributed by atoms with E-state index < -0.39 is 5.72 Å². The Morgan fingerprint density at radius 1 is 1.17 bits per heavy atom. The number of carbonyl (C=O) groups is 1. The van der Waals surface area contributed by atoms with Crippen molar-refractivity contribution in [3.8, 4) is 0 Å². The van der Waals surface area contributed by atoms with E-state index in [0.717, 1.165) is 62.8 Å². The Bertz CT molecular complexity index is 636. The lowest BCUT2D eigenvalue weighted by Crippen LogP contribution is -2.56. The highest BCUT2D eigenvalue weighted by atomic mass is 16.3. The van der Waals surface area contributed by atoms with Crippen LogP contribution in [0.5, 0.6) is 0 Å². The van der Waals surface area contributed by atoms with Crippen LogP contribution in [0.15, 0.2) is 41.6 Å². The van der Waals surface area contributed by atoms with Crippen LogP contribution in [0.25, 0.3) is 0 Å². The second-order valence-corrected chi connectivity index (χ2v) is 7.30. The summed E-state index contributed by atoms with van der Waals surface area (Å²) in [5.74, 6) is 0.634. The molecule has 0 aromatic heterocycles. The number of benzene rings is 1. The first kappa shape index (κ1) is 14.9. The summed E-state index contributed by atoms with van der Waals surface area (Å²) in [6, 6.07) is 10.4. The monoisotopic (exact) mass is 311 g/mol. The van der Waals surface area contributed by atoms with Gasteiger partial charge < -0.3 is 10.0 Å². The summed E-state index contributed by atoms with van der Waals surface area (Å²) in [5, 5.41) is 11.2. The maximum atomic E-state index is 12.5. The number of aliphatic hydroxyl groups is 1. The van der Waals surface area contributed by atoms with Crippen molar-refractivity contribution in [3.05, 3.63) is 47.2 Å². The fourth-order valence-corrected chi connectivity index (χ4v) is 4.79. The largest absolute Gasteiger partial charge is 0.371 e. The molecular formula is C20H25NO2. The highest BCUT2D eigenvalue weighted by Crippen LogP contribution is 2.48. The SMILES string of the molecule is O=C1CCCC2=C1C1CCCC(O)(C1)N2CCc1ccccc1. The molecule has 2 atom stereocenters. The maximum absolute atomic E-state index is 12.5. The van der Waals surface area contributed by atoms with Crippen LogP contribution >= 0.6 is 0 Å². The fourth-order valence-electron chi connectivity index (χ4n) is 4.79. The minimum absolute atomic E-state index is 0.296. The van der Waals surface area contributed by atoms with E-state index >= 15 is 0 Å². The third-order valence-corrected chi connectivity index (χ3v) is 5.84. The molecule has 2 aliphatic carbocycles. The Morgan fingerprint density at radius 2 is 2.00 bits per heavy atom. The lowest BCUT2D eigenvalue weighted by Gasteiger charge is -2.53. The zero-order valence-corrected chi connectivity index (χ0v) is 13.6. The quantitative estimate of drug-likeness (QED) is 0.930. The van der Waals surface area contributed by atoms with Crippen molar-refractivity contribution in [2.45, 2.75) is 57.1 Å². The molecule has 0 radical (unpaired) electrons. The molecule has 1 heterocycles. The van der Waals surface area contributed by atoms with Gasteiger partial charge in [0.05, 0.1) is 0 Å². The molecule has 0 saturated heterocycles. The van der Waals surface area contributed by atoms with Crippen molar-refractivity contribution in [1.29, 1.82) is 0 Å². The molecule has 122 valence electrons. The Kier molecular flexibility index (Phi) is 3.76. The normalized spacial score (nSPS) is 30.4.